The molecule has 2 heterocycles. The predicted molar refractivity (Wildman–Crippen MR) is 93.7 cm³/mol. The molecule has 0 saturated carbocycles. The molecule has 0 atom stereocenters. The average Bonchev–Trinajstić information content (AvgIpc) is 2.58. The molecular formula is C18H17F2N5. The monoisotopic (exact) mass is 341 g/mol. The summed E-state index contributed by atoms with van der Waals surface area (Å²) >= 11 is 0. The van der Waals surface area contributed by atoms with Crippen molar-refractivity contribution >= 4 is 17.5 Å². The highest BCUT2D eigenvalue weighted by molar-refractivity contribution is 5.66. The summed E-state index contributed by atoms with van der Waals surface area (Å²) in [5.41, 5.74) is 1.88. The average molecular weight is 341 g/mol. The number of nitrogens with zero attached hydrogens (tertiary/aromatic N) is 3. The van der Waals surface area contributed by atoms with Gasteiger partial charge in [0.25, 0.3) is 0 Å². The number of hydrogen-bond donors (Lipinski definition) is 2. The first-order valence-corrected chi connectivity index (χ1v) is 7.79. The van der Waals surface area contributed by atoms with Crippen LogP contribution < -0.4 is 10.6 Å². The Bertz CT molecular complexity index is 869. The molecule has 5 nitrogen and oxygen atoms in total. The molecule has 128 valence electrons. The number of halogens is 2. The minimum atomic E-state index is -0.924. The summed E-state index contributed by atoms with van der Waals surface area (Å²) in [4.78, 5) is 13.0. The van der Waals surface area contributed by atoms with Gasteiger partial charge < -0.3 is 10.6 Å². The maximum absolute atomic E-state index is 13.4. The Morgan fingerprint density at radius 2 is 1.84 bits per heavy atom. The second-order valence-electron chi connectivity index (χ2n) is 5.76. The van der Waals surface area contributed by atoms with Gasteiger partial charge in [-0.05, 0) is 38.1 Å². The number of pyridine rings is 1. The molecule has 0 fully saturated rings. The summed E-state index contributed by atoms with van der Waals surface area (Å²) in [6, 6.07) is 9.15. The summed E-state index contributed by atoms with van der Waals surface area (Å²) < 4.78 is 26.5. The van der Waals surface area contributed by atoms with Crippen LogP contribution in [0.3, 0.4) is 0 Å². The Kier molecular flexibility index (Phi) is 4.83. The highest BCUT2D eigenvalue weighted by Crippen LogP contribution is 2.24. The lowest BCUT2D eigenvalue weighted by Gasteiger charge is -2.13. The highest BCUT2D eigenvalue weighted by Gasteiger charge is 2.09. The molecule has 3 aromatic rings. The molecule has 3 rings (SSSR count). The summed E-state index contributed by atoms with van der Waals surface area (Å²) in [6.07, 6.45) is 3.38. The van der Waals surface area contributed by atoms with Gasteiger partial charge in [0.2, 0.25) is 5.95 Å². The summed E-state index contributed by atoms with van der Waals surface area (Å²) in [5.74, 6) is -0.928. The van der Waals surface area contributed by atoms with Crippen LogP contribution in [0.2, 0.25) is 0 Å². The van der Waals surface area contributed by atoms with Crippen molar-refractivity contribution < 1.29 is 8.78 Å². The standard InChI is InChI=1S/C18H17F2N5/c1-11(2)22-18-24-16(12-4-3-7-21-10-12)9-17(25-18)23-13-5-6-14(19)15(20)8-13/h3-11H,1-2H3,(H2,22,23,24,25). The van der Waals surface area contributed by atoms with Gasteiger partial charge in [-0.3, -0.25) is 4.98 Å². The van der Waals surface area contributed by atoms with E-state index in [1.165, 1.54) is 6.07 Å². The van der Waals surface area contributed by atoms with Gasteiger partial charge in [0.15, 0.2) is 11.6 Å². The molecule has 0 spiro atoms. The largest absolute Gasteiger partial charge is 0.352 e. The Morgan fingerprint density at radius 1 is 1.00 bits per heavy atom. The smallest absolute Gasteiger partial charge is 0.225 e. The number of benzene rings is 1. The fourth-order valence-electron chi connectivity index (χ4n) is 2.22. The van der Waals surface area contributed by atoms with Gasteiger partial charge in [-0.25, -0.2) is 13.8 Å². The Labute approximate surface area is 144 Å². The molecule has 0 aliphatic rings. The Morgan fingerprint density at radius 3 is 2.52 bits per heavy atom. The van der Waals surface area contributed by atoms with Gasteiger partial charge in [-0.1, -0.05) is 0 Å². The van der Waals surface area contributed by atoms with Crippen LogP contribution in [-0.4, -0.2) is 21.0 Å². The van der Waals surface area contributed by atoms with Gasteiger partial charge in [-0.15, -0.1) is 0 Å². The lowest BCUT2D eigenvalue weighted by Crippen LogP contribution is -2.13. The van der Waals surface area contributed by atoms with Crippen molar-refractivity contribution in [2.75, 3.05) is 10.6 Å². The van der Waals surface area contributed by atoms with Crippen molar-refractivity contribution in [3.05, 3.63) is 60.4 Å². The minimum absolute atomic E-state index is 0.139. The van der Waals surface area contributed by atoms with E-state index >= 15 is 0 Å². The summed E-state index contributed by atoms with van der Waals surface area (Å²) in [6.45, 7) is 3.95. The zero-order valence-electron chi connectivity index (χ0n) is 13.8. The molecule has 0 amide bonds. The van der Waals surface area contributed by atoms with Crippen molar-refractivity contribution in [2.45, 2.75) is 19.9 Å². The SMILES string of the molecule is CC(C)Nc1nc(Nc2ccc(F)c(F)c2)cc(-c2cccnc2)n1. The fraction of sp³-hybridized carbons (Fsp3) is 0.167. The van der Waals surface area contributed by atoms with Crippen LogP contribution in [-0.2, 0) is 0 Å². The van der Waals surface area contributed by atoms with Crippen molar-refractivity contribution in [1.29, 1.82) is 0 Å². The lowest BCUT2D eigenvalue weighted by molar-refractivity contribution is 0.509. The Balaban J connectivity index is 1.98. The quantitative estimate of drug-likeness (QED) is 0.721. The van der Waals surface area contributed by atoms with E-state index in [1.54, 1.807) is 18.5 Å². The molecular weight excluding hydrogens is 324 g/mol. The molecule has 2 N–H and O–H groups in total. The topological polar surface area (TPSA) is 62.7 Å². The molecule has 7 heteroatoms. The Hall–Kier alpha value is -3.09. The number of rotatable bonds is 5. The first kappa shape index (κ1) is 16.8. The second kappa shape index (κ2) is 7.21. The molecule has 25 heavy (non-hydrogen) atoms. The number of nitrogens with one attached hydrogen (secondary N) is 2. The van der Waals surface area contributed by atoms with Crippen molar-refractivity contribution in [3.8, 4) is 11.3 Å². The van der Waals surface area contributed by atoms with Crippen LogP contribution in [0.5, 0.6) is 0 Å². The fourth-order valence-corrected chi connectivity index (χ4v) is 2.22. The predicted octanol–water partition coefficient (Wildman–Crippen LogP) is 4.38. The van der Waals surface area contributed by atoms with E-state index in [0.29, 0.717) is 23.1 Å². The maximum Gasteiger partial charge on any atom is 0.225 e. The number of hydrogen-bond acceptors (Lipinski definition) is 5. The maximum atomic E-state index is 13.4. The van der Waals surface area contributed by atoms with Crippen molar-refractivity contribution in [1.82, 2.24) is 15.0 Å². The van der Waals surface area contributed by atoms with Crippen LogP contribution in [0, 0.1) is 11.6 Å². The van der Waals surface area contributed by atoms with Crippen LogP contribution in [0.1, 0.15) is 13.8 Å². The van der Waals surface area contributed by atoms with E-state index in [-0.39, 0.29) is 6.04 Å². The first-order chi connectivity index (χ1) is 12.0. The third kappa shape index (κ3) is 4.26. The van der Waals surface area contributed by atoms with E-state index < -0.39 is 11.6 Å². The van der Waals surface area contributed by atoms with Gasteiger partial charge in [0.1, 0.15) is 5.82 Å². The van der Waals surface area contributed by atoms with Crippen LogP contribution in [0.25, 0.3) is 11.3 Å². The van der Waals surface area contributed by atoms with Gasteiger partial charge in [0.05, 0.1) is 5.69 Å². The molecule has 0 unspecified atom stereocenters. The molecule has 1 aromatic carbocycles. The lowest BCUT2D eigenvalue weighted by atomic mass is 10.2. The number of aromatic nitrogens is 3. The minimum Gasteiger partial charge on any atom is -0.352 e. The molecule has 2 aromatic heterocycles. The highest BCUT2D eigenvalue weighted by atomic mass is 19.2. The van der Waals surface area contributed by atoms with Crippen LogP contribution in [0.15, 0.2) is 48.8 Å². The third-order valence-electron chi connectivity index (χ3n) is 3.29. The van der Waals surface area contributed by atoms with Crippen LogP contribution >= 0.6 is 0 Å². The van der Waals surface area contributed by atoms with Crippen molar-refractivity contribution in [3.63, 3.8) is 0 Å². The van der Waals surface area contributed by atoms with E-state index in [1.807, 2.05) is 26.0 Å². The first-order valence-electron chi connectivity index (χ1n) is 7.79. The van der Waals surface area contributed by atoms with E-state index in [4.69, 9.17) is 0 Å². The van der Waals surface area contributed by atoms with E-state index in [2.05, 4.69) is 25.6 Å². The summed E-state index contributed by atoms with van der Waals surface area (Å²) in [5, 5.41) is 6.12. The molecule has 0 radical (unpaired) electrons. The van der Waals surface area contributed by atoms with Gasteiger partial charge in [-0.2, -0.15) is 4.98 Å². The molecule has 0 bridgehead atoms. The molecule has 0 aliphatic heterocycles. The summed E-state index contributed by atoms with van der Waals surface area (Å²) in [7, 11) is 0. The van der Waals surface area contributed by atoms with Gasteiger partial charge >= 0.3 is 0 Å². The molecule has 0 saturated heterocycles. The van der Waals surface area contributed by atoms with E-state index in [9.17, 15) is 8.78 Å². The zero-order valence-corrected chi connectivity index (χ0v) is 13.8. The van der Waals surface area contributed by atoms with E-state index in [0.717, 1.165) is 17.7 Å². The van der Waals surface area contributed by atoms with Crippen LogP contribution in [0.4, 0.5) is 26.2 Å². The van der Waals surface area contributed by atoms with Gasteiger partial charge in [0, 0.05) is 41.8 Å². The molecule has 0 aliphatic carbocycles. The van der Waals surface area contributed by atoms with Crippen molar-refractivity contribution in [2.24, 2.45) is 0 Å². The second-order valence-corrected chi connectivity index (χ2v) is 5.76. The normalized spacial score (nSPS) is 10.8. The third-order valence-corrected chi connectivity index (χ3v) is 3.29. The number of anilines is 3. The zero-order chi connectivity index (χ0) is 17.8.